The molecule has 1 aromatic carbocycles. The Balaban J connectivity index is 2.08. The van der Waals surface area contributed by atoms with Crippen molar-refractivity contribution in [2.45, 2.75) is 92.1 Å². The van der Waals surface area contributed by atoms with Gasteiger partial charge in [0.05, 0.1) is 17.8 Å². The Kier molecular flexibility index (Phi) is 10.1. The molecular weight excluding hydrogens is 600 g/mol. The van der Waals surface area contributed by atoms with Gasteiger partial charge in [-0.1, -0.05) is 34.9 Å². The van der Waals surface area contributed by atoms with Crippen LogP contribution in [0.1, 0.15) is 97.8 Å². The van der Waals surface area contributed by atoms with Crippen molar-refractivity contribution in [1.82, 2.24) is 0 Å². The molecule has 0 radical (unpaired) electrons. The summed E-state index contributed by atoms with van der Waals surface area (Å²) in [6.45, 7) is 13.1. The van der Waals surface area contributed by atoms with Crippen LogP contribution in [0.2, 0.25) is 0 Å². The highest BCUT2D eigenvalue weighted by Gasteiger charge is 2.57. The average Bonchev–Trinajstić information content (AvgIpc) is 2.98. The summed E-state index contributed by atoms with van der Waals surface area (Å²) in [6.07, 6.45) is 8.55. The van der Waals surface area contributed by atoms with E-state index in [1.54, 1.807) is 19.9 Å². The maximum Gasteiger partial charge on any atom is 0.226 e. The number of hydrogen-bond acceptors (Lipinski definition) is 9. The standard InChI is InChI=1S/C38H44O9/c1-21(2)9-8-10-23(5)14-17-38(16-13-22(3)4)35(44)29-25(33-32(43)27(40)15-18-46-33)20-37(6,7)47-34(29)30(36(38)45)31(42)24-11-12-26(39)28(41)19-24/h9,11-15,18-19,25,39,41-43H,8,10,16-17,20H2,1-7H3/b23-14+,31-30?/t25-,38-/m1/s1. The highest BCUT2D eigenvalue weighted by atomic mass is 16.5. The molecular formula is C38H44O9. The van der Waals surface area contributed by atoms with Crippen LogP contribution in [-0.2, 0) is 14.3 Å². The number of aliphatic hydroxyl groups is 1. The predicted molar refractivity (Wildman–Crippen MR) is 179 cm³/mol. The fourth-order valence-electron chi connectivity index (χ4n) is 6.07. The van der Waals surface area contributed by atoms with E-state index < -0.39 is 56.9 Å². The minimum Gasteiger partial charge on any atom is -0.506 e. The number of benzene rings is 1. The summed E-state index contributed by atoms with van der Waals surface area (Å²) in [6, 6.07) is 4.69. The van der Waals surface area contributed by atoms with Crippen molar-refractivity contribution in [3.8, 4) is 17.2 Å². The molecule has 0 unspecified atom stereocenters. The van der Waals surface area contributed by atoms with Gasteiger partial charge in [0.25, 0.3) is 0 Å². The van der Waals surface area contributed by atoms with Gasteiger partial charge in [-0.05, 0) is 92.3 Å². The van der Waals surface area contributed by atoms with E-state index in [1.807, 2.05) is 40.7 Å². The molecule has 1 aliphatic heterocycles. The quantitative estimate of drug-likeness (QED) is 0.0702. The summed E-state index contributed by atoms with van der Waals surface area (Å²) in [5, 5.41) is 42.9. The second-order valence-electron chi connectivity index (χ2n) is 13.6. The van der Waals surface area contributed by atoms with Gasteiger partial charge in [-0.25, -0.2) is 0 Å². The first-order valence-electron chi connectivity index (χ1n) is 15.7. The first-order valence-corrected chi connectivity index (χ1v) is 15.7. The predicted octanol–water partition coefficient (Wildman–Crippen LogP) is 7.84. The van der Waals surface area contributed by atoms with Gasteiger partial charge < -0.3 is 29.6 Å². The van der Waals surface area contributed by atoms with Gasteiger partial charge in [0.2, 0.25) is 11.2 Å². The number of ether oxygens (including phenoxy) is 1. The molecule has 9 heteroatoms. The second-order valence-corrected chi connectivity index (χ2v) is 13.6. The van der Waals surface area contributed by atoms with Gasteiger partial charge in [0.1, 0.15) is 28.1 Å². The highest BCUT2D eigenvalue weighted by Crippen LogP contribution is 2.54. The molecule has 4 rings (SSSR count). The molecule has 47 heavy (non-hydrogen) atoms. The van der Waals surface area contributed by atoms with E-state index in [-0.39, 0.29) is 47.5 Å². The molecule has 2 atom stereocenters. The van der Waals surface area contributed by atoms with E-state index in [1.165, 1.54) is 17.7 Å². The summed E-state index contributed by atoms with van der Waals surface area (Å²) >= 11 is 0. The fraction of sp³-hybridized carbons (Fsp3) is 0.395. The zero-order valence-corrected chi connectivity index (χ0v) is 28.1. The Bertz CT molecular complexity index is 1800. The first-order chi connectivity index (χ1) is 22.0. The number of rotatable bonds is 9. The molecule has 250 valence electrons. The van der Waals surface area contributed by atoms with Crippen molar-refractivity contribution in [1.29, 1.82) is 0 Å². The third-order valence-electron chi connectivity index (χ3n) is 8.67. The summed E-state index contributed by atoms with van der Waals surface area (Å²) < 4.78 is 12.0. The van der Waals surface area contributed by atoms with Crippen LogP contribution < -0.4 is 5.43 Å². The highest BCUT2D eigenvalue weighted by molar-refractivity contribution is 6.27. The van der Waals surface area contributed by atoms with Gasteiger partial charge in [0, 0.05) is 18.1 Å². The van der Waals surface area contributed by atoms with Gasteiger partial charge in [-0.3, -0.25) is 14.4 Å². The number of carbonyl (C=O) groups is 2. The van der Waals surface area contributed by atoms with E-state index in [0.29, 0.717) is 6.42 Å². The number of phenols is 2. The molecule has 0 spiro atoms. The molecule has 2 aromatic rings. The monoisotopic (exact) mass is 644 g/mol. The summed E-state index contributed by atoms with van der Waals surface area (Å²) in [7, 11) is 0. The molecule has 4 N–H and O–H groups in total. The third-order valence-corrected chi connectivity index (χ3v) is 8.67. The number of hydrogen-bond donors (Lipinski definition) is 4. The minimum atomic E-state index is -1.73. The Hall–Kier alpha value is -4.79. The van der Waals surface area contributed by atoms with E-state index in [0.717, 1.165) is 36.0 Å². The second kappa shape index (κ2) is 13.5. The van der Waals surface area contributed by atoms with Crippen LogP contribution in [0.3, 0.4) is 0 Å². The molecule has 0 saturated carbocycles. The number of allylic oxidation sites excluding steroid dienone is 8. The van der Waals surface area contributed by atoms with Crippen LogP contribution >= 0.6 is 0 Å². The lowest BCUT2D eigenvalue weighted by Crippen LogP contribution is -2.50. The van der Waals surface area contributed by atoms with Crippen molar-refractivity contribution < 1.29 is 39.2 Å². The first kappa shape index (κ1) is 35.1. The maximum atomic E-state index is 15.0. The summed E-state index contributed by atoms with van der Waals surface area (Å²) in [5.41, 5.74) is -0.721. The van der Waals surface area contributed by atoms with Crippen molar-refractivity contribution in [3.05, 3.63) is 104 Å². The molecule has 1 aliphatic carbocycles. The number of phenolic OH excluding ortho intramolecular Hbond substituents is 2. The summed E-state index contributed by atoms with van der Waals surface area (Å²) in [4.78, 5) is 42.5. The van der Waals surface area contributed by atoms with E-state index in [4.69, 9.17) is 9.15 Å². The lowest BCUT2D eigenvalue weighted by atomic mass is 9.61. The average molecular weight is 645 g/mol. The Morgan fingerprint density at radius 1 is 0.894 bits per heavy atom. The smallest absolute Gasteiger partial charge is 0.226 e. The largest absolute Gasteiger partial charge is 0.506 e. The maximum absolute atomic E-state index is 15.0. The zero-order chi connectivity index (χ0) is 34.8. The van der Waals surface area contributed by atoms with E-state index in [9.17, 15) is 30.0 Å². The molecule has 0 bridgehead atoms. The Morgan fingerprint density at radius 2 is 1.55 bits per heavy atom. The number of ketones is 2. The molecule has 0 fully saturated rings. The molecule has 1 aromatic heterocycles. The van der Waals surface area contributed by atoms with Crippen molar-refractivity contribution in [3.63, 3.8) is 0 Å². The number of carbonyl (C=O) groups excluding carboxylic acids is 2. The lowest BCUT2D eigenvalue weighted by molar-refractivity contribution is -0.139. The van der Waals surface area contributed by atoms with Gasteiger partial charge in [0.15, 0.2) is 28.8 Å². The number of aromatic hydroxyl groups is 3. The van der Waals surface area contributed by atoms with Gasteiger partial charge in [-0.15, -0.1) is 0 Å². The lowest BCUT2D eigenvalue weighted by Gasteiger charge is -2.45. The van der Waals surface area contributed by atoms with Gasteiger partial charge >= 0.3 is 0 Å². The fourth-order valence-corrected chi connectivity index (χ4v) is 6.07. The van der Waals surface area contributed by atoms with Crippen molar-refractivity contribution in [2.75, 3.05) is 0 Å². The van der Waals surface area contributed by atoms with Crippen LogP contribution in [0.15, 0.2) is 91.6 Å². The van der Waals surface area contributed by atoms with Crippen molar-refractivity contribution >= 4 is 17.3 Å². The Labute approximate surface area is 274 Å². The van der Waals surface area contributed by atoms with Crippen LogP contribution in [0, 0.1) is 5.41 Å². The number of aliphatic hydroxyl groups excluding tert-OH is 1. The minimum absolute atomic E-state index is 0.0000279. The Morgan fingerprint density at radius 3 is 2.19 bits per heavy atom. The van der Waals surface area contributed by atoms with E-state index >= 15 is 4.79 Å². The molecule has 0 saturated heterocycles. The molecule has 2 heterocycles. The SMILES string of the molecule is CC(C)=CCC/C(C)=C/C[C@@]1(CC=C(C)C)C(=O)C(=C(O)c2ccc(O)c(O)c2)C2=C(C1=O)[C@H](c1occc(=O)c1O)CC(C)(C)O2. The normalized spacial score (nSPS) is 21.9. The van der Waals surface area contributed by atoms with Crippen LogP contribution in [0.5, 0.6) is 17.2 Å². The third kappa shape index (κ3) is 7.14. The topological polar surface area (TPSA) is 154 Å². The van der Waals surface area contributed by atoms with E-state index in [2.05, 4.69) is 6.08 Å². The van der Waals surface area contributed by atoms with Crippen LogP contribution in [0.4, 0.5) is 0 Å². The number of Topliss-reactive ketones (excluding diaryl/α,β-unsaturated/α-hetero) is 2. The van der Waals surface area contributed by atoms with Crippen LogP contribution in [-0.4, -0.2) is 37.6 Å². The molecule has 0 amide bonds. The molecule has 2 aliphatic rings. The van der Waals surface area contributed by atoms with Crippen LogP contribution in [0.25, 0.3) is 5.76 Å². The zero-order valence-electron chi connectivity index (χ0n) is 28.1. The molecule has 9 nitrogen and oxygen atoms in total. The van der Waals surface area contributed by atoms with Gasteiger partial charge in [-0.2, -0.15) is 0 Å². The van der Waals surface area contributed by atoms with Crippen molar-refractivity contribution in [2.24, 2.45) is 5.41 Å². The summed E-state index contributed by atoms with van der Waals surface area (Å²) in [5.74, 6) is -4.73.